The third kappa shape index (κ3) is 6.95. The van der Waals surface area contributed by atoms with Crippen molar-refractivity contribution in [1.29, 1.82) is 0 Å². The molecule has 1 aromatic heterocycles. The number of fused-ring (bicyclic) bond motifs is 3. The van der Waals surface area contributed by atoms with Crippen molar-refractivity contribution in [3.63, 3.8) is 0 Å². The standard InChI is InChI=1S/C29H34N4O6/c1-29(2,3)39-27(36)30-26-19(16-32(4)31-26)17-33(15-9-14-25(34)35)28(37)38-18-24-22-12-7-5-10-20(22)21-11-6-8-13-23(21)24/h5-8,10-13,16,24H,9,14-15,17-18H2,1-4H3,(H,34,35)(H,30,31,36). The predicted molar refractivity (Wildman–Crippen MR) is 145 cm³/mol. The number of ether oxygens (including phenoxy) is 2. The highest BCUT2D eigenvalue weighted by molar-refractivity contribution is 5.84. The summed E-state index contributed by atoms with van der Waals surface area (Å²) in [6, 6.07) is 16.1. The van der Waals surface area contributed by atoms with Gasteiger partial charge >= 0.3 is 18.2 Å². The average Bonchev–Trinajstić information content (AvgIpc) is 3.37. The van der Waals surface area contributed by atoms with Crippen molar-refractivity contribution in [3.05, 3.63) is 71.4 Å². The topological polar surface area (TPSA) is 123 Å². The maximum absolute atomic E-state index is 13.3. The fraction of sp³-hybridized carbons (Fsp3) is 0.379. The molecule has 39 heavy (non-hydrogen) atoms. The van der Waals surface area contributed by atoms with Gasteiger partial charge in [0.2, 0.25) is 0 Å². The quantitative estimate of drug-likeness (QED) is 0.378. The molecular weight excluding hydrogens is 500 g/mol. The Bertz CT molecular complexity index is 1310. The smallest absolute Gasteiger partial charge is 0.413 e. The zero-order chi connectivity index (χ0) is 28.2. The molecule has 1 heterocycles. The first-order valence-corrected chi connectivity index (χ1v) is 12.9. The first-order valence-electron chi connectivity index (χ1n) is 12.9. The van der Waals surface area contributed by atoms with Crippen LogP contribution in [-0.4, -0.2) is 56.7 Å². The van der Waals surface area contributed by atoms with Crippen molar-refractivity contribution in [2.45, 2.75) is 51.7 Å². The Morgan fingerprint density at radius 2 is 1.67 bits per heavy atom. The maximum Gasteiger partial charge on any atom is 0.413 e. The number of hydrogen-bond donors (Lipinski definition) is 2. The van der Waals surface area contributed by atoms with Gasteiger partial charge in [-0.25, -0.2) is 9.59 Å². The molecule has 206 valence electrons. The summed E-state index contributed by atoms with van der Waals surface area (Å²) in [5.74, 6) is -0.803. The highest BCUT2D eigenvalue weighted by Gasteiger charge is 2.30. The number of nitrogens with one attached hydrogen (secondary N) is 1. The summed E-state index contributed by atoms with van der Waals surface area (Å²) >= 11 is 0. The summed E-state index contributed by atoms with van der Waals surface area (Å²) < 4.78 is 12.7. The van der Waals surface area contributed by atoms with E-state index in [1.165, 1.54) is 9.58 Å². The van der Waals surface area contributed by atoms with Crippen LogP contribution >= 0.6 is 0 Å². The number of carboxylic acid groups (broad SMARTS) is 1. The molecule has 0 unspecified atom stereocenters. The van der Waals surface area contributed by atoms with Crippen molar-refractivity contribution in [1.82, 2.24) is 14.7 Å². The van der Waals surface area contributed by atoms with Crippen molar-refractivity contribution < 1.29 is 29.0 Å². The van der Waals surface area contributed by atoms with Crippen molar-refractivity contribution in [2.24, 2.45) is 7.05 Å². The molecule has 10 heteroatoms. The number of carboxylic acids is 1. The van der Waals surface area contributed by atoms with Crippen molar-refractivity contribution >= 4 is 24.0 Å². The zero-order valence-corrected chi connectivity index (χ0v) is 22.6. The molecule has 0 aliphatic heterocycles. The summed E-state index contributed by atoms with van der Waals surface area (Å²) in [5, 5.41) is 16.0. The Morgan fingerprint density at radius 3 is 2.26 bits per heavy atom. The van der Waals surface area contributed by atoms with Crippen LogP contribution in [0, 0.1) is 0 Å². The number of amides is 2. The van der Waals surface area contributed by atoms with E-state index >= 15 is 0 Å². The van der Waals surface area contributed by atoms with Crippen LogP contribution in [0.2, 0.25) is 0 Å². The van der Waals surface area contributed by atoms with E-state index in [0.29, 0.717) is 5.56 Å². The van der Waals surface area contributed by atoms with E-state index < -0.39 is 23.8 Å². The Morgan fingerprint density at radius 1 is 1.05 bits per heavy atom. The minimum Gasteiger partial charge on any atom is -0.481 e. The van der Waals surface area contributed by atoms with Crippen LogP contribution in [-0.2, 0) is 27.9 Å². The number of nitrogens with zero attached hydrogens (tertiary/aromatic N) is 3. The lowest BCUT2D eigenvalue weighted by Gasteiger charge is -2.24. The molecule has 2 aromatic carbocycles. The highest BCUT2D eigenvalue weighted by Crippen LogP contribution is 2.44. The molecule has 2 amide bonds. The van der Waals surface area contributed by atoms with E-state index in [1.807, 2.05) is 36.4 Å². The second kappa shape index (κ2) is 11.6. The molecule has 0 spiro atoms. The number of aromatic nitrogens is 2. The first-order chi connectivity index (χ1) is 18.5. The summed E-state index contributed by atoms with van der Waals surface area (Å²) in [6.45, 7) is 5.63. The van der Waals surface area contributed by atoms with Gasteiger partial charge in [-0.1, -0.05) is 48.5 Å². The minimum absolute atomic E-state index is 0.0647. The SMILES string of the molecule is Cn1cc(CN(CCCC(=O)O)C(=O)OCC2c3ccccc3-c3ccccc32)c(NC(=O)OC(C)(C)C)n1. The van der Waals surface area contributed by atoms with Crippen LogP contribution in [0.15, 0.2) is 54.7 Å². The fourth-order valence-electron chi connectivity index (χ4n) is 4.71. The molecule has 2 N–H and O–H groups in total. The van der Waals surface area contributed by atoms with Gasteiger partial charge in [-0.15, -0.1) is 0 Å². The lowest BCUT2D eigenvalue weighted by atomic mass is 9.98. The van der Waals surface area contributed by atoms with Crippen LogP contribution in [0.5, 0.6) is 0 Å². The second-order valence-corrected chi connectivity index (χ2v) is 10.5. The van der Waals surface area contributed by atoms with Gasteiger partial charge in [0.05, 0.1) is 6.54 Å². The minimum atomic E-state index is -0.948. The van der Waals surface area contributed by atoms with E-state index in [0.717, 1.165) is 22.3 Å². The molecule has 0 saturated heterocycles. The van der Waals surface area contributed by atoms with E-state index in [-0.39, 0.29) is 44.3 Å². The van der Waals surface area contributed by atoms with Crippen molar-refractivity contribution in [2.75, 3.05) is 18.5 Å². The van der Waals surface area contributed by atoms with E-state index in [9.17, 15) is 14.4 Å². The Hall–Kier alpha value is -4.34. The zero-order valence-electron chi connectivity index (χ0n) is 22.6. The molecule has 0 bridgehead atoms. The molecular formula is C29H34N4O6. The molecule has 1 aliphatic carbocycles. The largest absolute Gasteiger partial charge is 0.481 e. The molecule has 10 nitrogen and oxygen atoms in total. The number of anilines is 1. The number of carbonyl (C=O) groups is 3. The number of aryl methyl sites for hydroxylation is 1. The third-order valence-corrected chi connectivity index (χ3v) is 6.30. The first kappa shape index (κ1) is 27.7. The monoisotopic (exact) mass is 534 g/mol. The van der Waals surface area contributed by atoms with Gasteiger partial charge in [0.1, 0.15) is 12.2 Å². The van der Waals surface area contributed by atoms with Crippen molar-refractivity contribution in [3.8, 4) is 11.1 Å². The summed E-state index contributed by atoms with van der Waals surface area (Å²) in [4.78, 5) is 38.3. The number of rotatable bonds is 9. The summed E-state index contributed by atoms with van der Waals surface area (Å²) in [5.41, 5.74) is 4.32. The molecule has 0 radical (unpaired) electrons. The van der Waals surface area contributed by atoms with Crippen LogP contribution in [0.4, 0.5) is 15.4 Å². The van der Waals surface area contributed by atoms with Gasteiger partial charge in [0, 0.05) is 37.7 Å². The van der Waals surface area contributed by atoms with Gasteiger partial charge in [-0.2, -0.15) is 5.10 Å². The van der Waals surface area contributed by atoms with Gasteiger partial charge in [0.25, 0.3) is 0 Å². The summed E-state index contributed by atoms with van der Waals surface area (Å²) in [6.07, 6.45) is 0.598. The van der Waals surface area contributed by atoms with Gasteiger partial charge in [-0.3, -0.25) is 14.8 Å². The van der Waals surface area contributed by atoms with E-state index in [2.05, 4.69) is 22.5 Å². The summed E-state index contributed by atoms with van der Waals surface area (Å²) in [7, 11) is 1.70. The maximum atomic E-state index is 13.3. The average molecular weight is 535 g/mol. The van der Waals surface area contributed by atoms with Crippen LogP contribution in [0.3, 0.4) is 0 Å². The number of aliphatic carboxylic acids is 1. The fourth-order valence-corrected chi connectivity index (χ4v) is 4.71. The van der Waals surface area contributed by atoms with Gasteiger partial charge in [0.15, 0.2) is 5.82 Å². The third-order valence-electron chi connectivity index (χ3n) is 6.30. The predicted octanol–water partition coefficient (Wildman–Crippen LogP) is 5.38. The number of carbonyl (C=O) groups excluding carboxylic acids is 2. The second-order valence-electron chi connectivity index (χ2n) is 10.5. The van der Waals surface area contributed by atoms with Gasteiger partial charge < -0.3 is 19.5 Å². The molecule has 3 aromatic rings. The number of hydrogen-bond acceptors (Lipinski definition) is 6. The van der Waals surface area contributed by atoms with E-state index in [4.69, 9.17) is 14.6 Å². The Kier molecular flexibility index (Phi) is 8.23. The highest BCUT2D eigenvalue weighted by atomic mass is 16.6. The van der Waals surface area contributed by atoms with Crippen LogP contribution < -0.4 is 5.32 Å². The number of benzene rings is 2. The molecule has 1 aliphatic rings. The Balaban J connectivity index is 1.50. The van der Waals surface area contributed by atoms with Gasteiger partial charge in [-0.05, 0) is 49.4 Å². The lowest BCUT2D eigenvalue weighted by molar-refractivity contribution is -0.137. The Labute approximate surface area is 227 Å². The molecule has 0 saturated carbocycles. The van der Waals surface area contributed by atoms with Crippen LogP contribution in [0.1, 0.15) is 56.2 Å². The lowest BCUT2D eigenvalue weighted by Crippen LogP contribution is -2.33. The molecule has 0 atom stereocenters. The molecule has 0 fully saturated rings. The normalized spacial score (nSPS) is 12.4. The molecule has 4 rings (SSSR count). The van der Waals surface area contributed by atoms with E-state index in [1.54, 1.807) is 34.0 Å². The van der Waals surface area contributed by atoms with Crippen LogP contribution in [0.25, 0.3) is 11.1 Å².